The van der Waals surface area contributed by atoms with Crippen LogP contribution in [0.3, 0.4) is 0 Å². The molecule has 1 heterocycles. The third kappa shape index (κ3) is 5.43. The molecule has 0 aromatic heterocycles. The number of carbonyl (C=O) groups excluding carboxylic acids is 1. The number of benzene rings is 2. The fourth-order valence-corrected chi connectivity index (χ4v) is 5.78. The van der Waals surface area contributed by atoms with E-state index < -0.39 is 10.0 Å². The number of anilines is 1. The summed E-state index contributed by atoms with van der Waals surface area (Å²) in [7, 11) is -3.24. The number of hydrogen-bond acceptors (Lipinski definition) is 4. The lowest BCUT2D eigenvalue weighted by molar-refractivity contribution is 0.0956. The molecule has 0 bridgehead atoms. The number of carbonyl (C=O) groups is 1. The van der Waals surface area contributed by atoms with Gasteiger partial charge in [-0.25, -0.2) is 8.42 Å². The van der Waals surface area contributed by atoms with Crippen LogP contribution in [0.1, 0.15) is 28.8 Å². The lowest BCUT2D eigenvalue weighted by Crippen LogP contribution is -2.37. The second kappa shape index (κ2) is 9.67. The molecule has 2 aromatic rings. The summed E-state index contributed by atoms with van der Waals surface area (Å²) in [6.45, 7) is 1.05. The van der Waals surface area contributed by atoms with E-state index in [4.69, 9.17) is 11.6 Å². The Bertz CT molecular complexity index is 917. The molecular weight excluding hydrogens is 416 g/mol. The number of halogens is 1. The number of amides is 1. The smallest absolute Gasteiger partial charge is 0.251 e. The van der Waals surface area contributed by atoms with Crippen LogP contribution in [0.4, 0.5) is 5.69 Å². The average molecular weight is 439 g/mol. The standard InChI is InChI=1S/C20H23ClN2O3S2/c21-19-6-2-1-5-17(19)15-27-13-11-22-20(24)16-7-9-18(10-8-16)23-12-3-4-14-28(23,25)26/h1-2,5-10H,3-4,11-15H2,(H,22,24). The zero-order valence-corrected chi connectivity index (χ0v) is 17.8. The summed E-state index contributed by atoms with van der Waals surface area (Å²) < 4.78 is 25.8. The first kappa shape index (κ1) is 21.0. The topological polar surface area (TPSA) is 66.5 Å². The van der Waals surface area contributed by atoms with E-state index in [9.17, 15) is 13.2 Å². The Labute approximate surface area is 175 Å². The van der Waals surface area contributed by atoms with E-state index in [0.717, 1.165) is 28.5 Å². The van der Waals surface area contributed by atoms with Gasteiger partial charge in [-0.05, 0) is 48.7 Å². The van der Waals surface area contributed by atoms with Crippen molar-refractivity contribution >= 4 is 45.0 Å². The zero-order valence-electron chi connectivity index (χ0n) is 15.4. The number of sulfonamides is 1. The van der Waals surface area contributed by atoms with Crippen LogP contribution in [-0.4, -0.2) is 38.9 Å². The second-order valence-electron chi connectivity index (χ2n) is 6.54. The fraction of sp³-hybridized carbons (Fsp3) is 0.350. The molecule has 1 N–H and O–H groups in total. The van der Waals surface area contributed by atoms with Crippen LogP contribution in [0.2, 0.25) is 5.02 Å². The Morgan fingerprint density at radius 3 is 2.57 bits per heavy atom. The van der Waals surface area contributed by atoms with E-state index in [1.165, 1.54) is 4.31 Å². The minimum Gasteiger partial charge on any atom is -0.351 e. The van der Waals surface area contributed by atoms with E-state index in [1.54, 1.807) is 36.0 Å². The van der Waals surface area contributed by atoms with Crippen molar-refractivity contribution in [3.8, 4) is 0 Å². The Balaban J connectivity index is 1.46. The SMILES string of the molecule is O=C(NCCSCc1ccccc1Cl)c1ccc(N2CCCCS2(=O)=O)cc1. The summed E-state index contributed by atoms with van der Waals surface area (Å²) in [5, 5.41) is 3.65. The third-order valence-electron chi connectivity index (χ3n) is 4.51. The van der Waals surface area contributed by atoms with Crippen molar-refractivity contribution in [2.75, 3.05) is 28.9 Å². The number of thioether (sulfide) groups is 1. The largest absolute Gasteiger partial charge is 0.351 e. The van der Waals surface area contributed by atoms with Crippen LogP contribution in [0, 0.1) is 0 Å². The quantitative estimate of drug-likeness (QED) is 0.665. The third-order valence-corrected chi connectivity index (χ3v) is 7.76. The lowest BCUT2D eigenvalue weighted by atomic mass is 10.2. The minimum absolute atomic E-state index is 0.161. The molecule has 0 saturated carbocycles. The van der Waals surface area contributed by atoms with Gasteiger partial charge in [0.25, 0.3) is 5.91 Å². The van der Waals surface area contributed by atoms with Crippen molar-refractivity contribution in [1.29, 1.82) is 0 Å². The highest BCUT2D eigenvalue weighted by Gasteiger charge is 2.25. The van der Waals surface area contributed by atoms with E-state index in [1.807, 2.05) is 24.3 Å². The number of nitrogens with one attached hydrogen (secondary N) is 1. The van der Waals surface area contributed by atoms with E-state index >= 15 is 0 Å². The summed E-state index contributed by atoms with van der Waals surface area (Å²) in [6, 6.07) is 14.5. The molecule has 1 amide bonds. The average Bonchev–Trinajstić information content (AvgIpc) is 2.69. The van der Waals surface area contributed by atoms with Crippen LogP contribution in [0.5, 0.6) is 0 Å². The van der Waals surface area contributed by atoms with Gasteiger partial charge in [-0.2, -0.15) is 11.8 Å². The molecule has 1 aliphatic heterocycles. The van der Waals surface area contributed by atoms with Crippen LogP contribution in [-0.2, 0) is 15.8 Å². The van der Waals surface area contributed by atoms with Gasteiger partial charge in [-0.3, -0.25) is 9.10 Å². The molecule has 1 fully saturated rings. The maximum Gasteiger partial charge on any atom is 0.251 e. The summed E-state index contributed by atoms with van der Waals surface area (Å²) in [5.41, 5.74) is 2.23. The molecule has 0 unspecified atom stereocenters. The van der Waals surface area contributed by atoms with Crippen molar-refractivity contribution < 1.29 is 13.2 Å². The second-order valence-corrected chi connectivity index (χ2v) is 10.1. The maximum atomic E-state index is 12.3. The highest BCUT2D eigenvalue weighted by Crippen LogP contribution is 2.24. The summed E-state index contributed by atoms with van der Waals surface area (Å²) in [5.74, 6) is 1.60. The normalized spacial score (nSPS) is 16.0. The molecule has 3 rings (SSSR count). The predicted molar refractivity (Wildman–Crippen MR) is 117 cm³/mol. The van der Waals surface area contributed by atoms with Gasteiger partial charge in [-0.1, -0.05) is 29.8 Å². The number of hydrogen-bond donors (Lipinski definition) is 1. The fourth-order valence-electron chi connectivity index (χ4n) is 2.99. The lowest BCUT2D eigenvalue weighted by Gasteiger charge is -2.28. The summed E-state index contributed by atoms with van der Waals surface area (Å²) in [4.78, 5) is 12.3. The predicted octanol–water partition coefficient (Wildman–Crippen LogP) is 3.93. The molecule has 0 radical (unpaired) electrons. The summed E-state index contributed by atoms with van der Waals surface area (Å²) >= 11 is 7.84. The van der Waals surface area contributed by atoms with Gasteiger partial charge in [0.2, 0.25) is 10.0 Å². The van der Waals surface area contributed by atoms with Gasteiger partial charge in [0.05, 0.1) is 11.4 Å². The Morgan fingerprint density at radius 1 is 1.11 bits per heavy atom. The molecule has 150 valence electrons. The molecular formula is C20H23ClN2O3S2. The molecule has 8 heteroatoms. The van der Waals surface area contributed by atoms with E-state index in [2.05, 4.69) is 5.32 Å². The van der Waals surface area contributed by atoms with Crippen molar-refractivity contribution in [2.24, 2.45) is 0 Å². The zero-order chi connectivity index (χ0) is 20.0. The van der Waals surface area contributed by atoms with E-state index in [-0.39, 0.29) is 11.7 Å². The van der Waals surface area contributed by atoms with Crippen LogP contribution >= 0.6 is 23.4 Å². The Morgan fingerprint density at radius 2 is 1.86 bits per heavy atom. The van der Waals surface area contributed by atoms with Crippen molar-refractivity contribution in [3.05, 3.63) is 64.7 Å². The van der Waals surface area contributed by atoms with Gasteiger partial charge < -0.3 is 5.32 Å². The molecule has 0 atom stereocenters. The Kier molecular flexibility index (Phi) is 7.26. The van der Waals surface area contributed by atoms with Crippen molar-refractivity contribution in [3.63, 3.8) is 0 Å². The highest BCUT2D eigenvalue weighted by atomic mass is 35.5. The highest BCUT2D eigenvalue weighted by molar-refractivity contribution is 7.98. The van der Waals surface area contributed by atoms with Gasteiger partial charge in [0, 0.05) is 35.2 Å². The first-order chi connectivity index (χ1) is 13.5. The molecule has 28 heavy (non-hydrogen) atoms. The van der Waals surface area contributed by atoms with Crippen LogP contribution < -0.4 is 9.62 Å². The van der Waals surface area contributed by atoms with Gasteiger partial charge >= 0.3 is 0 Å². The molecule has 2 aromatic carbocycles. The van der Waals surface area contributed by atoms with Gasteiger partial charge in [-0.15, -0.1) is 0 Å². The van der Waals surface area contributed by atoms with Crippen LogP contribution in [0.15, 0.2) is 48.5 Å². The first-order valence-corrected chi connectivity index (χ1v) is 12.3. The molecule has 5 nitrogen and oxygen atoms in total. The van der Waals surface area contributed by atoms with E-state index in [0.29, 0.717) is 30.8 Å². The van der Waals surface area contributed by atoms with Gasteiger partial charge in [0.15, 0.2) is 0 Å². The molecule has 0 spiro atoms. The van der Waals surface area contributed by atoms with Crippen molar-refractivity contribution in [2.45, 2.75) is 18.6 Å². The van der Waals surface area contributed by atoms with Crippen LogP contribution in [0.25, 0.3) is 0 Å². The Hall–Kier alpha value is -1.70. The minimum atomic E-state index is -3.24. The number of rotatable bonds is 7. The molecule has 1 aliphatic rings. The summed E-state index contributed by atoms with van der Waals surface area (Å²) in [6.07, 6.45) is 1.56. The maximum absolute atomic E-state index is 12.3. The van der Waals surface area contributed by atoms with Crippen molar-refractivity contribution in [1.82, 2.24) is 5.32 Å². The van der Waals surface area contributed by atoms with Gasteiger partial charge in [0.1, 0.15) is 0 Å². The monoisotopic (exact) mass is 438 g/mol. The molecule has 1 saturated heterocycles. The molecule has 0 aliphatic carbocycles. The first-order valence-electron chi connectivity index (χ1n) is 9.17. The number of nitrogens with zero attached hydrogens (tertiary/aromatic N) is 1.